The second-order valence-electron chi connectivity index (χ2n) is 9.81. The molecule has 0 radical (unpaired) electrons. The Morgan fingerprint density at radius 3 is 2.69 bits per heavy atom. The second-order valence-corrected chi connectivity index (χ2v) is 9.81. The highest BCUT2D eigenvalue weighted by Gasteiger charge is 2.68. The summed E-state index contributed by atoms with van der Waals surface area (Å²) in [6, 6.07) is 0. The molecule has 6 heteroatoms. The highest BCUT2D eigenvalue weighted by molar-refractivity contribution is 6.01. The maximum Gasteiger partial charge on any atom is 0.303 e. The second kappa shape index (κ2) is 6.61. The normalized spacial score (nSPS) is 45.7. The van der Waals surface area contributed by atoms with E-state index in [9.17, 15) is 24.6 Å². The summed E-state index contributed by atoms with van der Waals surface area (Å²) in [6.45, 7) is 4.80. The molecule has 7 atom stereocenters. The van der Waals surface area contributed by atoms with E-state index in [1.165, 1.54) is 6.92 Å². The number of fused-ring (bicyclic) bond motifs is 5. The summed E-state index contributed by atoms with van der Waals surface area (Å²) in [5.41, 5.74) is -1.67. The lowest BCUT2D eigenvalue weighted by atomic mass is 9.46. The van der Waals surface area contributed by atoms with Gasteiger partial charge in [0.25, 0.3) is 0 Å². The number of Topliss-reactive ketones (excluding diaryl/α,β-unsaturated/α-hetero) is 1. The van der Waals surface area contributed by atoms with E-state index in [0.29, 0.717) is 19.3 Å². The summed E-state index contributed by atoms with van der Waals surface area (Å²) in [5.74, 6) is -0.836. The Morgan fingerprint density at radius 2 is 2.00 bits per heavy atom. The third kappa shape index (κ3) is 2.79. The van der Waals surface area contributed by atoms with Crippen molar-refractivity contribution in [2.45, 2.75) is 64.6 Å². The van der Waals surface area contributed by atoms with Crippen LogP contribution >= 0.6 is 0 Å². The van der Waals surface area contributed by atoms with Crippen LogP contribution in [0.25, 0.3) is 0 Å². The van der Waals surface area contributed by atoms with Gasteiger partial charge in [-0.25, -0.2) is 0 Å². The number of allylic oxidation sites excluding steroid dienone is 4. The van der Waals surface area contributed by atoms with Crippen molar-refractivity contribution in [3.05, 3.63) is 23.8 Å². The number of aliphatic hydroxyl groups is 2. The fourth-order valence-electron chi connectivity index (χ4n) is 7.08. The Morgan fingerprint density at radius 1 is 1.28 bits per heavy atom. The molecule has 0 saturated heterocycles. The highest BCUT2D eigenvalue weighted by atomic mass is 16.5. The number of ether oxygens (including phenoxy) is 1. The number of carbonyl (C=O) groups excluding carboxylic acids is 3. The van der Waals surface area contributed by atoms with Gasteiger partial charge >= 0.3 is 5.97 Å². The maximum atomic E-state index is 12.9. The van der Waals surface area contributed by atoms with E-state index in [-0.39, 0.29) is 29.0 Å². The van der Waals surface area contributed by atoms with Crippen LogP contribution in [0.3, 0.4) is 0 Å². The maximum absolute atomic E-state index is 12.9. The summed E-state index contributed by atoms with van der Waals surface area (Å²) in [5, 5.41) is 22.7. The van der Waals surface area contributed by atoms with Crippen LogP contribution in [-0.2, 0) is 19.1 Å². The largest absolute Gasteiger partial charge is 0.458 e. The Balaban J connectivity index is 1.66. The van der Waals surface area contributed by atoms with E-state index in [1.54, 1.807) is 12.2 Å². The van der Waals surface area contributed by atoms with Crippen molar-refractivity contribution in [3.8, 4) is 0 Å². The Kier molecular flexibility index (Phi) is 4.67. The van der Waals surface area contributed by atoms with Crippen LogP contribution in [0.2, 0.25) is 0 Å². The summed E-state index contributed by atoms with van der Waals surface area (Å²) in [6.07, 6.45) is 7.50. The molecule has 0 bridgehead atoms. The van der Waals surface area contributed by atoms with Gasteiger partial charge in [0.1, 0.15) is 5.60 Å². The van der Waals surface area contributed by atoms with E-state index >= 15 is 0 Å². The third-order valence-electron chi connectivity index (χ3n) is 8.52. The first-order chi connectivity index (χ1) is 13.5. The van der Waals surface area contributed by atoms with Gasteiger partial charge in [-0.05, 0) is 56.1 Å². The number of hydrogen-bond acceptors (Lipinski definition) is 6. The molecular formula is C23H30O6. The Bertz CT molecular complexity index is 827. The molecule has 0 amide bonds. The predicted octanol–water partition coefficient (Wildman–Crippen LogP) is 2.13. The monoisotopic (exact) mass is 402 g/mol. The zero-order valence-corrected chi connectivity index (χ0v) is 17.3. The van der Waals surface area contributed by atoms with Crippen LogP contribution < -0.4 is 0 Å². The fourth-order valence-corrected chi connectivity index (χ4v) is 7.08. The minimum Gasteiger partial charge on any atom is -0.458 e. The summed E-state index contributed by atoms with van der Waals surface area (Å²) >= 11 is 0. The topological polar surface area (TPSA) is 101 Å². The summed E-state index contributed by atoms with van der Waals surface area (Å²) in [7, 11) is 0. The molecule has 0 aromatic rings. The first-order valence-corrected chi connectivity index (χ1v) is 10.5. The van der Waals surface area contributed by atoms with E-state index in [2.05, 4.69) is 6.92 Å². The molecular weight excluding hydrogens is 372 g/mol. The van der Waals surface area contributed by atoms with Crippen LogP contribution in [0.15, 0.2) is 23.8 Å². The first-order valence-electron chi connectivity index (χ1n) is 10.5. The lowest BCUT2D eigenvalue weighted by Crippen LogP contribution is -2.61. The average molecular weight is 402 g/mol. The summed E-state index contributed by atoms with van der Waals surface area (Å²) in [4.78, 5) is 35.9. The standard InChI is InChI=1S/C23H30O6/c1-13(24)29-12-19(27)23(28)9-7-17-16-5-4-14-10-15(25)6-8-21(14,2)20(16)18(26)11-22(17,23)3/h6,8,10,16-18,20,26,28H,4-5,7,9,11-12H2,1-3H3/t16?,17?,18?,20?,21?,22?,23-/m0/s1. The number of carbonyl (C=O) groups is 3. The van der Waals surface area contributed by atoms with Crippen molar-refractivity contribution in [1.29, 1.82) is 0 Å². The smallest absolute Gasteiger partial charge is 0.303 e. The minimum absolute atomic E-state index is 0.00243. The number of hydrogen-bond donors (Lipinski definition) is 2. The van der Waals surface area contributed by atoms with Gasteiger partial charge in [-0.1, -0.05) is 25.5 Å². The highest BCUT2D eigenvalue weighted by Crippen LogP contribution is 2.67. The Labute approximate surface area is 171 Å². The van der Waals surface area contributed by atoms with Gasteiger partial charge in [0.15, 0.2) is 12.4 Å². The van der Waals surface area contributed by atoms with E-state index in [0.717, 1.165) is 18.4 Å². The zero-order valence-electron chi connectivity index (χ0n) is 17.3. The van der Waals surface area contributed by atoms with Gasteiger partial charge in [-0.3, -0.25) is 14.4 Å². The molecule has 0 aromatic heterocycles. The number of ketones is 2. The lowest BCUT2D eigenvalue weighted by molar-refractivity contribution is -0.181. The molecule has 6 nitrogen and oxygen atoms in total. The summed E-state index contributed by atoms with van der Waals surface area (Å²) < 4.78 is 4.88. The van der Waals surface area contributed by atoms with Crippen LogP contribution in [0.1, 0.15) is 52.9 Å². The van der Waals surface area contributed by atoms with Gasteiger partial charge in [0.05, 0.1) is 6.10 Å². The molecule has 0 heterocycles. The zero-order chi connectivity index (χ0) is 21.2. The van der Waals surface area contributed by atoms with Crippen molar-refractivity contribution in [3.63, 3.8) is 0 Å². The Hall–Kier alpha value is -1.79. The van der Waals surface area contributed by atoms with Crippen LogP contribution in [0.5, 0.6) is 0 Å². The van der Waals surface area contributed by atoms with Gasteiger partial charge in [-0.15, -0.1) is 0 Å². The molecule has 0 spiro atoms. The third-order valence-corrected chi connectivity index (χ3v) is 8.52. The van der Waals surface area contributed by atoms with Gasteiger partial charge in [0.2, 0.25) is 5.78 Å². The van der Waals surface area contributed by atoms with Crippen molar-refractivity contribution < 1.29 is 29.3 Å². The van der Waals surface area contributed by atoms with E-state index in [4.69, 9.17) is 4.74 Å². The predicted molar refractivity (Wildman–Crippen MR) is 105 cm³/mol. The molecule has 4 rings (SSSR count). The number of esters is 1. The van der Waals surface area contributed by atoms with Gasteiger partial charge in [0, 0.05) is 23.7 Å². The van der Waals surface area contributed by atoms with Crippen LogP contribution in [-0.4, -0.2) is 46.1 Å². The molecule has 4 aliphatic rings. The molecule has 4 aliphatic carbocycles. The molecule has 29 heavy (non-hydrogen) atoms. The molecule has 2 N–H and O–H groups in total. The molecule has 0 aliphatic heterocycles. The van der Waals surface area contributed by atoms with Crippen molar-refractivity contribution in [2.24, 2.45) is 28.6 Å². The van der Waals surface area contributed by atoms with E-state index in [1.807, 2.05) is 13.0 Å². The quantitative estimate of drug-likeness (QED) is 0.702. The van der Waals surface area contributed by atoms with Crippen LogP contribution in [0, 0.1) is 28.6 Å². The van der Waals surface area contributed by atoms with Crippen LogP contribution in [0.4, 0.5) is 0 Å². The molecule has 3 fully saturated rings. The lowest BCUT2D eigenvalue weighted by Gasteiger charge is -2.59. The van der Waals surface area contributed by atoms with Crippen molar-refractivity contribution in [2.75, 3.05) is 6.61 Å². The van der Waals surface area contributed by atoms with E-state index < -0.39 is 35.5 Å². The average Bonchev–Trinajstić information content (AvgIpc) is 2.91. The number of rotatable bonds is 3. The molecule has 0 aromatic carbocycles. The molecule has 3 saturated carbocycles. The minimum atomic E-state index is -1.60. The number of aliphatic hydroxyl groups excluding tert-OH is 1. The SMILES string of the molecule is CC(=O)OCC(=O)[C@@]1(O)CCC2C3CCC4=CC(=O)C=CC4(C)C3C(O)CC21C. The molecule has 158 valence electrons. The molecule has 6 unspecified atom stereocenters. The van der Waals surface area contributed by atoms with Gasteiger partial charge in [-0.2, -0.15) is 0 Å². The van der Waals surface area contributed by atoms with Crippen molar-refractivity contribution >= 4 is 17.5 Å². The first kappa shape index (κ1) is 20.5. The van der Waals surface area contributed by atoms with Gasteiger partial charge < -0.3 is 14.9 Å². The van der Waals surface area contributed by atoms with Crippen molar-refractivity contribution in [1.82, 2.24) is 0 Å². The fraction of sp³-hybridized carbons (Fsp3) is 0.696.